The van der Waals surface area contributed by atoms with Gasteiger partial charge in [0.15, 0.2) is 0 Å². The average molecular weight is 990 g/mol. The van der Waals surface area contributed by atoms with Crippen molar-refractivity contribution in [3.8, 4) is 72.8 Å². The van der Waals surface area contributed by atoms with Crippen LogP contribution >= 0.6 is 11.3 Å². The van der Waals surface area contributed by atoms with Crippen LogP contribution in [0.3, 0.4) is 0 Å². The van der Waals surface area contributed by atoms with Gasteiger partial charge in [-0.2, -0.15) is 0 Å². The van der Waals surface area contributed by atoms with Crippen LogP contribution in [0.1, 0.15) is 5.56 Å². The number of rotatable bonds is 7. The van der Waals surface area contributed by atoms with Gasteiger partial charge in [-0.05, 0) is 81.9 Å². The summed E-state index contributed by atoms with van der Waals surface area (Å²) in [5, 5.41) is 4.85. The molecule has 11 rings (SSSR count). The third-order valence-electron chi connectivity index (χ3n) is 10.9. The summed E-state index contributed by atoms with van der Waals surface area (Å²) in [6.07, 6.45) is 1.79. The second-order valence-electron chi connectivity index (χ2n) is 14.9. The van der Waals surface area contributed by atoms with E-state index in [0.29, 0.717) is 0 Å². The van der Waals surface area contributed by atoms with Crippen LogP contribution in [-0.4, -0.2) is 14.5 Å². The molecule has 1 radical (unpaired) electrons. The molecule has 0 spiro atoms. The Morgan fingerprint density at radius 2 is 1.08 bits per heavy atom. The van der Waals surface area contributed by atoms with Crippen LogP contribution in [0, 0.1) is 18.4 Å². The first-order valence-electron chi connectivity index (χ1n) is 20.4. The maximum absolute atomic E-state index is 5.36. The maximum atomic E-state index is 5.36. The van der Waals surface area contributed by atoms with Crippen LogP contribution in [0.5, 0.6) is 0 Å². The second-order valence-corrected chi connectivity index (χ2v) is 15.8. The molecule has 0 aliphatic heterocycles. The summed E-state index contributed by atoms with van der Waals surface area (Å²) < 4.78 is 3.56. The number of aromatic nitrogens is 3. The van der Waals surface area contributed by atoms with E-state index in [-0.39, 0.29) is 20.1 Å². The van der Waals surface area contributed by atoms with Crippen molar-refractivity contribution in [3.05, 3.63) is 236 Å². The Hall–Kier alpha value is -7.01. The molecule has 11 aromatic rings. The van der Waals surface area contributed by atoms with E-state index in [1.807, 2.05) is 42.5 Å². The molecule has 0 amide bonds. The Labute approximate surface area is 380 Å². The first-order valence-corrected chi connectivity index (χ1v) is 21.2. The molecular formula is C57H39IrN3S-2. The van der Waals surface area contributed by atoms with Gasteiger partial charge in [0.05, 0.1) is 22.5 Å². The fourth-order valence-corrected chi connectivity index (χ4v) is 8.82. The van der Waals surface area contributed by atoms with Crippen molar-refractivity contribution in [2.75, 3.05) is 0 Å². The average Bonchev–Trinajstić information content (AvgIpc) is 3.94. The van der Waals surface area contributed by atoms with E-state index in [1.165, 1.54) is 54.8 Å². The molecule has 0 atom stereocenters. The number of hydrogen-bond donors (Lipinski definition) is 0. The molecule has 0 aliphatic rings. The summed E-state index contributed by atoms with van der Waals surface area (Å²) in [5.74, 6) is 0.891. The molecular weight excluding hydrogens is 951 g/mol. The molecule has 0 saturated heterocycles. The Morgan fingerprint density at radius 1 is 0.516 bits per heavy atom. The van der Waals surface area contributed by atoms with Gasteiger partial charge < -0.3 is 9.55 Å². The largest absolute Gasteiger partial charge is 0.332 e. The molecule has 0 saturated carbocycles. The van der Waals surface area contributed by atoms with E-state index in [0.717, 1.165) is 44.8 Å². The van der Waals surface area contributed by atoms with Gasteiger partial charge in [-0.15, -0.1) is 41.3 Å². The van der Waals surface area contributed by atoms with Crippen molar-refractivity contribution in [1.82, 2.24) is 14.5 Å². The van der Waals surface area contributed by atoms with Gasteiger partial charge in [-0.25, -0.2) is 0 Å². The number of hydrogen-bond acceptors (Lipinski definition) is 3. The summed E-state index contributed by atoms with van der Waals surface area (Å²) in [4.78, 5) is 9.58. The predicted octanol–water partition coefficient (Wildman–Crippen LogP) is 15.2. The van der Waals surface area contributed by atoms with Gasteiger partial charge in [0.2, 0.25) is 0 Å². The van der Waals surface area contributed by atoms with E-state index in [2.05, 4.69) is 198 Å². The number of aryl methyl sites for hydroxylation is 1. The number of nitrogens with zero attached hydrogens (tertiary/aromatic N) is 3. The number of para-hydroxylation sites is 2. The van der Waals surface area contributed by atoms with Crippen molar-refractivity contribution < 1.29 is 20.1 Å². The smallest absolute Gasteiger partial charge is 0.0774 e. The van der Waals surface area contributed by atoms with Crippen molar-refractivity contribution in [1.29, 1.82) is 0 Å². The summed E-state index contributed by atoms with van der Waals surface area (Å²) in [7, 11) is 0. The van der Waals surface area contributed by atoms with E-state index in [1.54, 1.807) is 17.5 Å². The quantitative estimate of drug-likeness (QED) is 0.149. The van der Waals surface area contributed by atoms with Crippen LogP contribution in [0.15, 0.2) is 219 Å². The van der Waals surface area contributed by atoms with Gasteiger partial charge in [0.1, 0.15) is 0 Å². The van der Waals surface area contributed by atoms with Gasteiger partial charge in [-0.3, -0.25) is 16.3 Å². The van der Waals surface area contributed by atoms with Crippen molar-refractivity contribution in [2.24, 2.45) is 0 Å². The summed E-state index contributed by atoms with van der Waals surface area (Å²) in [6.45, 7) is 2.18. The third kappa shape index (κ3) is 8.22. The number of pyridine rings is 1. The van der Waals surface area contributed by atoms with Gasteiger partial charge in [0.25, 0.3) is 0 Å². The second kappa shape index (κ2) is 18.3. The zero-order valence-corrected chi connectivity index (χ0v) is 37.1. The van der Waals surface area contributed by atoms with Crippen molar-refractivity contribution >= 4 is 32.5 Å². The van der Waals surface area contributed by atoms with Crippen molar-refractivity contribution in [2.45, 2.75) is 6.92 Å². The minimum atomic E-state index is 0. The molecule has 62 heavy (non-hydrogen) atoms. The van der Waals surface area contributed by atoms with Crippen LogP contribution in [0.2, 0.25) is 0 Å². The molecule has 3 heterocycles. The van der Waals surface area contributed by atoms with Crippen LogP contribution in [0.4, 0.5) is 0 Å². The van der Waals surface area contributed by atoms with Crippen LogP contribution < -0.4 is 0 Å². The number of fused-ring (bicyclic) bond motifs is 2. The summed E-state index contributed by atoms with van der Waals surface area (Å²) in [5.41, 5.74) is 16.8. The fraction of sp³-hybridized carbons (Fsp3) is 0.0175. The molecule has 3 aromatic heterocycles. The van der Waals surface area contributed by atoms with Gasteiger partial charge in [0, 0.05) is 37.4 Å². The first kappa shape index (κ1) is 40.4. The molecule has 0 unspecified atom stereocenters. The van der Waals surface area contributed by atoms with Gasteiger partial charge >= 0.3 is 0 Å². The molecule has 0 bridgehead atoms. The van der Waals surface area contributed by atoms with Gasteiger partial charge in [-0.1, -0.05) is 173 Å². The molecule has 3 nitrogen and oxygen atoms in total. The number of thiophene rings is 1. The fourth-order valence-electron chi connectivity index (χ4n) is 8.00. The Kier molecular flexibility index (Phi) is 11.9. The Morgan fingerprint density at radius 3 is 1.71 bits per heavy atom. The van der Waals surface area contributed by atoms with E-state index in [9.17, 15) is 0 Å². The number of imidazole rings is 1. The maximum Gasteiger partial charge on any atom is 0.0774 e. The third-order valence-corrected chi connectivity index (χ3v) is 11.8. The van der Waals surface area contributed by atoms with E-state index >= 15 is 0 Å². The Balaban J connectivity index is 0.000000325. The van der Waals surface area contributed by atoms with Crippen LogP contribution in [-0.2, 0) is 20.1 Å². The summed E-state index contributed by atoms with van der Waals surface area (Å²) >= 11 is 1.65. The van der Waals surface area contributed by atoms with E-state index < -0.39 is 0 Å². The molecule has 5 heteroatoms. The normalized spacial score (nSPS) is 10.9. The monoisotopic (exact) mass is 990 g/mol. The van der Waals surface area contributed by atoms with Crippen LogP contribution in [0.25, 0.3) is 94.0 Å². The molecule has 0 N–H and O–H groups in total. The Bertz CT molecular complexity index is 3120. The molecule has 8 aromatic carbocycles. The van der Waals surface area contributed by atoms with Crippen molar-refractivity contribution in [3.63, 3.8) is 0 Å². The minimum absolute atomic E-state index is 0. The summed E-state index contributed by atoms with van der Waals surface area (Å²) in [6, 6.07) is 77.5. The molecule has 0 fully saturated rings. The predicted molar refractivity (Wildman–Crippen MR) is 256 cm³/mol. The SMILES string of the molecule is Cc1cc(-c2ccccc2)c(-n2c(-c3[c-]sc4ccc(-c5ccc(-c6ccccc6)cc5)cc34)nc3ccccc32)c(-c2ccccc2)c1.[Ir].[c-]1ccccc1-c1ccccn1. The number of benzene rings is 8. The topological polar surface area (TPSA) is 30.7 Å². The standard InChI is InChI=1S/C46H31N2S.C11H8N.Ir/c1-31-27-38(35-15-7-3-8-16-35)45(39(28-31)36-17-9-4-10-18-36)48-43-20-12-11-19-42(43)47-46(48)41-30-49-44-26-25-37(29-40(41)44)34-23-21-33(22-24-34)32-13-5-2-6-14-32;1-2-6-10(7-3-1)11-8-4-5-9-12-11;/h2-29H,1H3;1-6,8-9H;/q2*-1;. The zero-order valence-electron chi connectivity index (χ0n) is 33.9. The zero-order chi connectivity index (χ0) is 41.0. The molecule has 299 valence electrons. The first-order chi connectivity index (χ1) is 30.2. The molecule has 0 aliphatic carbocycles. The van der Waals surface area contributed by atoms with E-state index in [4.69, 9.17) is 4.98 Å². The minimum Gasteiger partial charge on any atom is -0.332 e.